The number of amides is 1. The van der Waals surface area contributed by atoms with Gasteiger partial charge in [-0.05, 0) is 56.5 Å². The first-order valence-electron chi connectivity index (χ1n) is 11.2. The Labute approximate surface area is 187 Å². The van der Waals surface area contributed by atoms with Gasteiger partial charge < -0.3 is 20.1 Å². The Balaban J connectivity index is 1.36. The molecule has 2 aliphatic rings. The number of anilines is 1. The van der Waals surface area contributed by atoms with Gasteiger partial charge in [0.1, 0.15) is 0 Å². The maximum absolute atomic E-state index is 12.2. The van der Waals surface area contributed by atoms with Crippen LogP contribution in [0.15, 0.2) is 29.1 Å². The van der Waals surface area contributed by atoms with Crippen molar-refractivity contribution in [3.63, 3.8) is 0 Å². The molecule has 0 unspecified atom stereocenters. The Morgan fingerprint density at radius 3 is 2.59 bits per heavy atom. The lowest BCUT2D eigenvalue weighted by atomic mass is 9.93. The van der Waals surface area contributed by atoms with Crippen molar-refractivity contribution in [3.8, 4) is 11.5 Å². The Hall–Kier alpha value is -3.07. The van der Waals surface area contributed by atoms with E-state index >= 15 is 0 Å². The number of nitrogens with two attached hydrogens (primary N) is 1. The standard InChI is InChI=1S/C23H31N5O4/c1-31-20-12-16(4-5-19(20)32-15-21(24)29)14-27-10-6-17(7-11-27)18-13-22(30)26-23(25-18)28-8-2-3-9-28/h4-5,12-13,17H,2-3,6-11,14-15H2,1H3,(H2,24,29)(H,25,26,30). The molecule has 0 aliphatic carbocycles. The molecule has 32 heavy (non-hydrogen) atoms. The number of rotatable bonds is 8. The number of piperidine rings is 1. The number of primary amides is 1. The van der Waals surface area contributed by atoms with Crippen molar-refractivity contribution in [1.29, 1.82) is 0 Å². The summed E-state index contributed by atoms with van der Waals surface area (Å²) in [4.78, 5) is 35.4. The third-order valence-electron chi connectivity index (χ3n) is 6.16. The number of nitrogens with zero attached hydrogens (tertiary/aromatic N) is 3. The zero-order chi connectivity index (χ0) is 22.5. The van der Waals surface area contributed by atoms with Crippen molar-refractivity contribution in [2.75, 3.05) is 44.8 Å². The monoisotopic (exact) mass is 441 g/mol. The molecule has 0 radical (unpaired) electrons. The fourth-order valence-corrected chi connectivity index (χ4v) is 4.47. The number of likely N-dealkylation sites (tertiary alicyclic amines) is 1. The molecule has 2 aliphatic heterocycles. The minimum atomic E-state index is -0.526. The third kappa shape index (κ3) is 5.40. The first-order chi connectivity index (χ1) is 15.5. The number of benzene rings is 1. The predicted molar refractivity (Wildman–Crippen MR) is 121 cm³/mol. The minimum Gasteiger partial charge on any atom is -0.493 e. The molecule has 2 fully saturated rings. The van der Waals surface area contributed by atoms with E-state index in [1.807, 2.05) is 18.2 Å². The fourth-order valence-electron chi connectivity index (χ4n) is 4.47. The Bertz CT molecular complexity index is 994. The zero-order valence-electron chi connectivity index (χ0n) is 18.5. The number of aromatic amines is 1. The van der Waals surface area contributed by atoms with Gasteiger partial charge in [0.25, 0.3) is 11.5 Å². The van der Waals surface area contributed by atoms with E-state index in [0.717, 1.165) is 75.6 Å². The quantitative estimate of drug-likeness (QED) is 0.640. The van der Waals surface area contributed by atoms with Crippen LogP contribution in [0.2, 0.25) is 0 Å². The molecule has 1 aromatic carbocycles. The van der Waals surface area contributed by atoms with Crippen LogP contribution in [0.4, 0.5) is 5.95 Å². The second-order valence-corrected chi connectivity index (χ2v) is 8.48. The van der Waals surface area contributed by atoms with E-state index in [1.165, 1.54) is 0 Å². The average molecular weight is 442 g/mol. The second-order valence-electron chi connectivity index (χ2n) is 8.48. The van der Waals surface area contributed by atoms with Crippen molar-refractivity contribution in [2.45, 2.75) is 38.1 Å². The summed E-state index contributed by atoms with van der Waals surface area (Å²) in [6, 6.07) is 7.38. The zero-order valence-corrected chi connectivity index (χ0v) is 18.5. The third-order valence-corrected chi connectivity index (χ3v) is 6.16. The van der Waals surface area contributed by atoms with Gasteiger partial charge in [-0.3, -0.25) is 19.5 Å². The van der Waals surface area contributed by atoms with Crippen LogP contribution >= 0.6 is 0 Å². The molecule has 3 N–H and O–H groups in total. The Morgan fingerprint density at radius 1 is 1.16 bits per heavy atom. The number of hydrogen-bond acceptors (Lipinski definition) is 7. The van der Waals surface area contributed by atoms with Gasteiger partial charge in [0.2, 0.25) is 5.95 Å². The molecule has 4 rings (SSSR count). The number of nitrogens with one attached hydrogen (secondary N) is 1. The molecule has 0 saturated carbocycles. The van der Waals surface area contributed by atoms with Crippen molar-refractivity contribution < 1.29 is 14.3 Å². The number of H-pyrrole nitrogens is 1. The summed E-state index contributed by atoms with van der Waals surface area (Å²) in [5.74, 6) is 1.58. The highest BCUT2D eigenvalue weighted by molar-refractivity contribution is 5.75. The maximum atomic E-state index is 12.2. The van der Waals surface area contributed by atoms with E-state index in [0.29, 0.717) is 17.4 Å². The predicted octanol–water partition coefficient (Wildman–Crippen LogP) is 1.62. The van der Waals surface area contributed by atoms with E-state index in [-0.39, 0.29) is 12.2 Å². The molecule has 0 bridgehead atoms. The van der Waals surface area contributed by atoms with Gasteiger partial charge in [-0.1, -0.05) is 6.07 Å². The van der Waals surface area contributed by atoms with E-state index in [4.69, 9.17) is 20.2 Å². The highest BCUT2D eigenvalue weighted by atomic mass is 16.5. The van der Waals surface area contributed by atoms with Gasteiger partial charge in [0.05, 0.1) is 12.8 Å². The van der Waals surface area contributed by atoms with E-state index in [1.54, 1.807) is 13.2 Å². The molecule has 0 spiro atoms. The number of carbonyl (C=O) groups excluding carboxylic acids is 1. The van der Waals surface area contributed by atoms with Crippen LogP contribution < -0.4 is 25.7 Å². The van der Waals surface area contributed by atoms with Gasteiger partial charge in [-0.25, -0.2) is 4.98 Å². The summed E-state index contributed by atoms with van der Waals surface area (Å²) in [5, 5.41) is 0. The maximum Gasteiger partial charge on any atom is 0.255 e. The summed E-state index contributed by atoms with van der Waals surface area (Å²) >= 11 is 0. The smallest absolute Gasteiger partial charge is 0.255 e. The van der Waals surface area contributed by atoms with E-state index in [2.05, 4.69) is 14.8 Å². The van der Waals surface area contributed by atoms with Crippen LogP contribution in [0.3, 0.4) is 0 Å². The first kappa shape index (κ1) is 22.1. The van der Waals surface area contributed by atoms with Crippen LogP contribution in [0.5, 0.6) is 11.5 Å². The molecule has 3 heterocycles. The average Bonchev–Trinajstić information content (AvgIpc) is 3.33. The number of aromatic nitrogens is 2. The van der Waals surface area contributed by atoms with Crippen LogP contribution in [0, 0.1) is 0 Å². The second kappa shape index (κ2) is 10.0. The molecule has 1 aromatic heterocycles. The summed E-state index contributed by atoms with van der Waals surface area (Å²) in [7, 11) is 1.58. The molecule has 9 nitrogen and oxygen atoms in total. The molecule has 0 atom stereocenters. The topological polar surface area (TPSA) is 114 Å². The highest BCUT2D eigenvalue weighted by Crippen LogP contribution is 2.31. The summed E-state index contributed by atoms with van der Waals surface area (Å²) < 4.78 is 10.8. The van der Waals surface area contributed by atoms with Crippen molar-refractivity contribution >= 4 is 11.9 Å². The van der Waals surface area contributed by atoms with Crippen molar-refractivity contribution in [1.82, 2.24) is 14.9 Å². The van der Waals surface area contributed by atoms with Crippen LogP contribution in [-0.4, -0.2) is 60.7 Å². The van der Waals surface area contributed by atoms with Crippen LogP contribution in [0.1, 0.15) is 42.9 Å². The van der Waals surface area contributed by atoms with Gasteiger partial charge in [0, 0.05) is 31.6 Å². The summed E-state index contributed by atoms with van der Waals surface area (Å²) in [5.41, 5.74) is 7.10. The molecule has 1 amide bonds. The molecule has 2 saturated heterocycles. The molecular weight excluding hydrogens is 410 g/mol. The SMILES string of the molecule is COc1cc(CN2CCC(c3cc(=O)[nH]c(N4CCCC4)n3)CC2)ccc1OCC(N)=O. The summed E-state index contributed by atoms with van der Waals surface area (Å²) in [6.07, 6.45) is 4.23. The number of hydrogen-bond donors (Lipinski definition) is 2. The lowest BCUT2D eigenvalue weighted by Crippen LogP contribution is -2.33. The van der Waals surface area contributed by atoms with Crippen LogP contribution in [0.25, 0.3) is 0 Å². The Morgan fingerprint density at radius 2 is 1.91 bits per heavy atom. The first-order valence-corrected chi connectivity index (χ1v) is 11.2. The van der Waals surface area contributed by atoms with Gasteiger partial charge in [0.15, 0.2) is 18.1 Å². The van der Waals surface area contributed by atoms with Crippen LogP contribution in [-0.2, 0) is 11.3 Å². The van der Waals surface area contributed by atoms with Gasteiger partial charge in [-0.15, -0.1) is 0 Å². The Kier molecular flexibility index (Phi) is 6.94. The lowest BCUT2D eigenvalue weighted by molar-refractivity contribution is -0.119. The molecular formula is C23H31N5O4. The largest absolute Gasteiger partial charge is 0.493 e. The van der Waals surface area contributed by atoms with Crippen molar-refractivity contribution in [2.24, 2.45) is 5.73 Å². The highest BCUT2D eigenvalue weighted by Gasteiger charge is 2.24. The molecule has 9 heteroatoms. The number of methoxy groups -OCH3 is 1. The number of ether oxygens (including phenoxy) is 2. The molecule has 2 aromatic rings. The van der Waals surface area contributed by atoms with Gasteiger partial charge >= 0.3 is 0 Å². The normalized spacial score (nSPS) is 17.5. The van der Waals surface area contributed by atoms with E-state index in [9.17, 15) is 9.59 Å². The summed E-state index contributed by atoms with van der Waals surface area (Å²) in [6.45, 7) is 4.39. The van der Waals surface area contributed by atoms with Gasteiger partial charge in [-0.2, -0.15) is 0 Å². The minimum absolute atomic E-state index is 0.0648. The van der Waals surface area contributed by atoms with Crippen molar-refractivity contribution in [3.05, 3.63) is 45.9 Å². The lowest BCUT2D eigenvalue weighted by Gasteiger charge is -2.32. The number of carbonyl (C=O) groups is 1. The molecule has 172 valence electrons. The fraction of sp³-hybridized carbons (Fsp3) is 0.522. The van der Waals surface area contributed by atoms with E-state index < -0.39 is 5.91 Å².